The average Bonchev–Trinajstić information content (AvgIpc) is 2.73. The van der Waals surface area contributed by atoms with Gasteiger partial charge in [0.15, 0.2) is 0 Å². The molecule has 1 fully saturated rings. The fraction of sp³-hybridized carbons (Fsp3) is 0.481. The van der Waals surface area contributed by atoms with E-state index in [1.165, 1.54) is 44.1 Å². The van der Waals surface area contributed by atoms with Gasteiger partial charge in [-0.05, 0) is 96.7 Å². The fourth-order valence-corrected chi connectivity index (χ4v) is 5.29. The summed E-state index contributed by atoms with van der Waals surface area (Å²) in [5.41, 5.74) is 5.66. The van der Waals surface area contributed by atoms with Crippen molar-refractivity contribution in [1.82, 2.24) is 0 Å². The molecule has 0 bridgehead atoms. The lowest BCUT2D eigenvalue weighted by molar-refractivity contribution is 0.308. The van der Waals surface area contributed by atoms with E-state index in [0.29, 0.717) is 17.9 Å². The minimum Gasteiger partial charge on any atom is -0.207 e. The first kappa shape index (κ1) is 20.3. The Morgan fingerprint density at radius 1 is 0.897 bits per heavy atom. The summed E-state index contributed by atoms with van der Waals surface area (Å²) in [4.78, 5) is 0. The Bertz CT molecular complexity index is 901. The molecule has 0 amide bonds. The number of aryl methyl sites for hydroxylation is 2. The molecule has 0 aromatic heterocycles. The van der Waals surface area contributed by atoms with Crippen molar-refractivity contribution in [3.63, 3.8) is 0 Å². The van der Waals surface area contributed by atoms with E-state index in [9.17, 15) is 4.39 Å². The first-order valence-electron chi connectivity index (χ1n) is 11.4. The zero-order valence-electron chi connectivity index (χ0n) is 17.7. The summed E-state index contributed by atoms with van der Waals surface area (Å²) in [6.45, 7) is 4.23. The number of hydrogen-bond donors (Lipinski definition) is 0. The van der Waals surface area contributed by atoms with Crippen LogP contribution in [0.2, 0.25) is 0 Å². The fourth-order valence-electron chi connectivity index (χ4n) is 5.29. The smallest absolute Gasteiger partial charge is 0.130 e. The van der Waals surface area contributed by atoms with Crippen LogP contribution in [0.3, 0.4) is 0 Å². The molecule has 0 spiro atoms. The van der Waals surface area contributed by atoms with E-state index in [-0.39, 0.29) is 11.6 Å². The molecule has 4 rings (SSSR count). The van der Waals surface area contributed by atoms with Crippen molar-refractivity contribution in [1.29, 1.82) is 0 Å². The topological polar surface area (TPSA) is 0 Å². The third kappa shape index (κ3) is 4.32. The highest BCUT2D eigenvalue weighted by Gasteiger charge is 2.23. The second kappa shape index (κ2) is 8.81. The van der Waals surface area contributed by atoms with E-state index in [0.717, 1.165) is 41.0 Å². The predicted molar refractivity (Wildman–Crippen MR) is 118 cm³/mol. The SMILES string of the molecule is CCCC1CCC(c2ccc(C3=Cc4cc(F)c(CC)cc4CC3)c(F)c2)CC1. The maximum atomic E-state index is 15.0. The Balaban J connectivity index is 1.54. The number of fused-ring (bicyclic) bond motifs is 1. The lowest BCUT2D eigenvalue weighted by Crippen LogP contribution is -2.13. The Kier molecular flexibility index (Phi) is 6.18. The maximum Gasteiger partial charge on any atom is 0.130 e. The molecule has 0 unspecified atom stereocenters. The molecule has 29 heavy (non-hydrogen) atoms. The van der Waals surface area contributed by atoms with Crippen molar-refractivity contribution in [2.24, 2.45) is 5.92 Å². The first-order chi connectivity index (χ1) is 14.1. The maximum absolute atomic E-state index is 15.0. The lowest BCUT2D eigenvalue weighted by atomic mass is 9.77. The Morgan fingerprint density at radius 3 is 2.38 bits per heavy atom. The largest absolute Gasteiger partial charge is 0.207 e. The highest BCUT2D eigenvalue weighted by molar-refractivity contribution is 5.84. The van der Waals surface area contributed by atoms with Crippen molar-refractivity contribution >= 4 is 11.6 Å². The number of hydrogen-bond acceptors (Lipinski definition) is 0. The van der Waals surface area contributed by atoms with Crippen LogP contribution < -0.4 is 0 Å². The third-order valence-electron chi connectivity index (χ3n) is 7.04. The van der Waals surface area contributed by atoms with Crippen LogP contribution in [0.15, 0.2) is 30.3 Å². The third-order valence-corrected chi connectivity index (χ3v) is 7.04. The molecule has 0 radical (unpaired) electrons. The van der Waals surface area contributed by atoms with Gasteiger partial charge in [-0.3, -0.25) is 0 Å². The van der Waals surface area contributed by atoms with Gasteiger partial charge in [0.25, 0.3) is 0 Å². The van der Waals surface area contributed by atoms with Gasteiger partial charge in [-0.15, -0.1) is 0 Å². The summed E-state index contributed by atoms with van der Waals surface area (Å²) in [6.07, 6.45) is 11.8. The minimum absolute atomic E-state index is 0.126. The molecule has 2 aromatic rings. The number of allylic oxidation sites excluding steroid dienone is 1. The van der Waals surface area contributed by atoms with Gasteiger partial charge in [0.1, 0.15) is 11.6 Å². The van der Waals surface area contributed by atoms with E-state index in [4.69, 9.17) is 0 Å². The minimum atomic E-state index is -0.154. The van der Waals surface area contributed by atoms with Crippen molar-refractivity contribution in [2.45, 2.75) is 77.6 Å². The van der Waals surface area contributed by atoms with Crippen molar-refractivity contribution in [2.75, 3.05) is 0 Å². The van der Waals surface area contributed by atoms with Crippen LogP contribution in [0.4, 0.5) is 8.78 Å². The molecular weight excluding hydrogens is 362 g/mol. The summed E-state index contributed by atoms with van der Waals surface area (Å²) in [5, 5.41) is 0. The molecule has 2 aliphatic carbocycles. The van der Waals surface area contributed by atoms with Gasteiger partial charge >= 0.3 is 0 Å². The number of halogens is 2. The molecule has 2 heteroatoms. The van der Waals surface area contributed by atoms with Crippen LogP contribution in [0.5, 0.6) is 0 Å². The molecule has 0 atom stereocenters. The molecule has 0 saturated heterocycles. The Labute approximate surface area is 174 Å². The second-order valence-electron chi connectivity index (χ2n) is 8.91. The van der Waals surface area contributed by atoms with Crippen molar-refractivity contribution in [3.05, 3.63) is 69.8 Å². The van der Waals surface area contributed by atoms with Gasteiger partial charge in [0, 0.05) is 5.56 Å². The summed E-state index contributed by atoms with van der Waals surface area (Å²) >= 11 is 0. The number of rotatable bonds is 5. The average molecular weight is 395 g/mol. The molecule has 0 aliphatic heterocycles. The van der Waals surface area contributed by atoms with Crippen LogP contribution in [0.25, 0.3) is 11.6 Å². The van der Waals surface area contributed by atoms with E-state index >= 15 is 4.39 Å². The van der Waals surface area contributed by atoms with Crippen LogP contribution in [-0.2, 0) is 12.8 Å². The standard InChI is InChI=1S/C27H32F2/c1-3-5-18-6-8-20(9-7-18)22-12-13-25(27(29)16-22)23-11-10-21-14-19(4-2)26(28)17-24(21)15-23/h12-18,20H,3-11H2,1-2H3. The lowest BCUT2D eigenvalue weighted by Gasteiger charge is -2.29. The van der Waals surface area contributed by atoms with E-state index < -0.39 is 0 Å². The second-order valence-corrected chi connectivity index (χ2v) is 8.91. The van der Waals surface area contributed by atoms with E-state index in [2.05, 4.69) is 13.0 Å². The van der Waals surface area contributed by atoms with Gasteiger partial charge in [-0.25, -0.2) is 8.78 Å². The molecule has 0 heterocycles. The highest BCUT2D eigenvalue weighted by Crippen LogP contribution is 2.39. The quantitative estimate of drug-likeness (QED) is 0.481. The van der Waals surface area contributed by atoms with Crippen molar-refractivity contribution < 1.29 is 8.78 Å². The molecule has 0 N–H and O–H groups in total. The zero-order valence-corrected chi connectivity index (χ0v) is 17.7. The Hall–Kier alpha value is -1.96. The molecule has 1 saturated carbocycles. The van der Waals surface area contributed by atoms with Gasteiger partial charge in [0.05, 0.1) is 0 Å². The normalized spacial score (nSPS) is 21.6. The van der Waals surface area contributed by atoms with E-state index in [1.54, 1.807) is 12.1 Å². The van der Waals surface area contributed by atoms with E-state index in [1.807, 2.05) is 25.1 Å². The summed E-state index contributed by atoms with van der Waals surface area (Å²) < 4.78 is 29.3. The molecule has 2 aromatic carbocycles. The number of benzene rings is 2. The Morgan fingerprint density at radius 2 is 1.69 bits per heavy atom. The monoisotopic (exact) mass is 394 g/mol. The van der Waals surface area contributed by atoms with Crippen LogP contribution in [0, 0.1) is 17.6 Å². The van der Waals surface area contributed by atoms with Gasteiger partial charge < -0.3 is 0 Å². The van der Waals surface area contributed by atoms with Crippen molar-refractivity contribution in [3.8, 4) is 0 Å². The highest BCUT2D eigenvalue weighted by atomic mass is 19.1. The first-order valence-corrected chi connectivity index (χ1v) is 11.4. The zero-order chi connectivity index (χ0) is 20.4. The molecule has 0 nitrogen and oxygen atoms in total. The molecule has 2 aliphatic rings. The van der Waals surface area contributed by atoms with Gasteiger partial charge in [-0.1, -0.05) is 51.0 Å². The van der Waals surface area contributed by atoms with Crippen LogP contribution >= 0.6 is 0 Å². The van der Waals surface area contributed by atoms with Crippen LogP contribution in [-0.4, -0.2) is 0 Å². The van der Waals surface area contributed by atoms with Gasteiger partial charge in [0.2, 0.25) is 0 Å². The van der Waals surface area contributed by atoms with Crippen LogP contribution in [0.1, 0.15) is 92.5 Å². The molecular formula is C27H32F2. The van der Waals surface area contributed by atoms with Gasteiger partial charge in [-0.2, -0.15) is 0 Å². The molecule has 154 valence electrons. The summed E-state index contributed by atoms with van der Waals surface area (Å²) in [5.74, 6) is 1.08. The predicted octanol–water partition coefficient (Wildman–Crippen LogP) is 8.09. The summed E-state index contributed by atoms with van der Waals surface area (Å²) in [6, 6.07) is 9.44. The summed E-state index contributed by atoms with van der Waals surface area (Å²) in [7, 11) is 0.